The average Bonchev–Trinajstić information content (AvgIpc) is 2.74. The molecule has 0 aliphatic carbocycles. The highest BCUT2D eigenvalue weighted by Gasteiger charge is 2.70. The molecule has 2 fully saturated rings. The van der Waals surface area contributed by atoms with Crippen LogP contribution < -0.4 is 0 Å². The maximum atomic E-state index is 12.4. The van der Waals surface area contributed by atoms with Crippen LogP contribution in [0.1, 0.15) is 34.6 Å². The minimum Gasteiger partial charge on any atom is -0.427 e. The number of β-lactam (4-membered cyclic amide) rings is 1. The van der Waals surface area contributed by atoms with Crippen molar-refractivity contribution in [3.63, 3.8) is 0 Å². The lowest BCUT2D eigenvalue weighted by Crippen LogP contribution is -2.72. The number of hydrogen-bond acceptors (Lipinski definition) is 7. The average molecular weight is 424 g/mol. The first-order chi connectivity index (χ1) is 10.9. The van der Waals surface area contributed by atoms with Crippen LogP contribution in [0, 0.1) is 5.41 Å². The molecule has 0 aromatic heterocycles. The monoisotopic (exact) mass is 423 g/mol. The van der Waals surface area contributed by atoms with Gasteiger partial charge in [-0.3, -0.25) is 9.59 Å². The zero-order chi connectivity index (χ0) is 18.5. The summed E-state index contributed by atoms with van der Waals surface area (Å²) in [6, 6.07) is -0.800. The second kappa shape index (κ2) is 6.17. The van der Waals surface area contributed by atoms with Crippen molar-refractivity contribution in [2.45, 2.75) is 55.1 Å². The van der Waals surface area contributed by atoms with E-state index in [9.17, 15) is 19.5 Å². The number of esters is 2. The van der Waals surface area contributed by atoms with Gasteiger partial charge in [-0.15, -0.1) is 11.8 Å². The number of ether oxygens (including phenoxy) is 2. The van der Waals surface area contributed by atoms with Gasteiger partial charge in [-0.1, -0.05) is 15.9 Å². The Morgan fingerprint density at radius 1 is 1.33 bits per heavy atom. The zero-order valence-electron chi connectivity index (χ0n) is 14.3. The number of amides is 1. The van der Waals surface area contributed by atoms with E-state index in [2.05, 4.69) is 15.9 Å². The van der Waals surface area contributed by atoms with Gasteiger partial charge >= 0.3 is 11.9 Å². The van der Waals surface area contributed by atoms with Crippen LogP contribution >= 0.6 is 27.7 Å². The van der Waals surface area contributed by atoms with Gasteiger partial charge in [0.05, 0.1) is 12.0 Å². The molecule has 3 atom stereocenters. The molecule has 0 spiro atoms. The molecule has 0 radical (unpaired) electrons. The van der Waals surface area contributed by atoms with E-state index in [1.165, 1.54) is 16.7 Å². The molecule has 2 saturated heterocycles. The molecular weight excluding hydrogens is 402 g/mol. The van der Waals surface area contributed by atoms with Gasteiger partial charge in [-0.25, -0.2) is 4.79 Å². The van der Waals surface area contributed by atoms with Crippen molar-refractivity contribution in [3.05, 3.63) is 0 Å². The van der Waals surface area contributed by atoms with Crippen molar-refractivity contribution in [1.29, 1.82) is 0 Å². The van der Waals surface area contributed by atoms with E-state index < -0.39 is 39.3 Å². The molecule has 2 rings (SSSR count). The molecule has 0 bridgehead atoms. The molecule has 9 heteroatoms. The molecule has 1 N–H and O–H groups in total. The molecule has 1 amide bonds. The number of carbonyl (C=O) groups is 3. The summed E-state index contributed by atoms with van der Waals surface area (Å²) in [5.74, 6) is -1.45. The number of halogens is 1. The third kappa shape index (κ3) is 3.06. The van der Waals surface area contributed by atoms with Gasteiger partial charge in [-0.05, 0) is 34.6 Å². The summed E-state index contributed by atoms with van der Waals surface area (Å²) in [6.45, 7) is 7.92. The van der Waals surface area contributed by atoms with Crippen molar-refractivity contribution < 1.29 is 29.0 Å². The summed E-state index contributed by atoms with van der Waals surface area (Å²) in [4.78, 5) is 37.9. The number of thioether (sulfide) groups is 1. The number of fused-ring (bicyclic) bond motifs is 1. The molecule has 0 unspecified atom stereocenters. The zero-order valence-corrected chi connectivity index (χ0v) is 16.7. The number of aliphatic hydroxyl groups is 1. The second-order valence-electron chi connectivity index (χ2n) is 7.47. The molecule has 0 aromatic rings. The topological polar surface area (TPSA) is 93.1 Å². The minimum absolute atomic E-state index is 0.346. The largest absolute Gasteiger partial charge is 0.427 e. The highest BCUT2D eigenvalue weighted by atomic mass is 79.9. The fourth-order valence-electron chi connectivity index (χ4n) is 2.65. The lowest BCUT2D eigenvalue weighted by atomic mass is 9.92. The van der Waals surface area contributed by atoms with E-state index in [4.69, 9.17) is 9.47 Å². The van der Waals surface area contributed by atoms with Crippen LogP contribution in [0.15, 0.2) is 0 Å². The van der Waals surface area contributed by atoms with Crippen molar-refractivity contribution in [2.24, 2.45) is 5.41 Å². The van der Waals surface area contributed by atoms with Crippen molar-refractivity contribution in [3.8, 4) is 0 Å². The SMILES string of the molecule is CC(C)(C)C(=O)OCOC(=O)[C@@H]1N2C(=O)[C@@](Br)(CO)[C@H]2SC1(C)C. The molecule has 7 nitrogen and oxygen atoms in total. The molecule has 0 saturated carbocycles. The maximum absolute atomic E-state index is 12.4. The van der Waals surface area contributed by atoms with E-state index in [0.29, 0.717) is 0 Å². The van der Waals surface area contributed by atoms with Crippen LogP contribution in [0.3, 0.4) is 0 Å². The number of carbonyl (C=O) groups excluding carboxylic acids is 3. The highest BCUT2D eigenvalue weighted by molar-refractivity contribution is 9.10. The van der Waals surface area contributed by atoms with Crippen molar-refractivity contribution in [1.82, 2.24) is 4.90 Å². The van der Waals surface area contributed by atoms with Gasteiger partial charge in [0.1, 0.15) is 11.4 Å². The van der Waals surface area contributed by atoms with Gasteiger partial charge in [0, 0.05) is 4.75 Å². The molecule has 2 aliphatic heterocycles. The van der Waals surface area contributed by atoms with Crippen molar-refractivity contribution >= 4 is 45.5 Å². The van der Waals surface area contributed by atoms with Crippen LogP contribution in [0.25, 0.3) is 0 Å². The van der Waals surface area contributed by atoms with Gasteiger partial charge in [0.25, 0.3) is 0 Å². The first-order valence-electron chi connectivity index (χ1n) is 7.50. The van der Waals surface area contributed by atoms with Crippen LogP contribution in [0.5, 0.6) is 0 Å². The van der Waals surface area contributed by atoms with Crippen LogP contribution in [-0.4, -0.2) is 61.7 Å². The Bertz CT molecular complexity index is 575. The van der Waals surface area contributed by atoms with E-state index in [0.717, 1.165) is 0 Å². The molecule has 24 heavy (non-hydrogen) atoms. The first kappa shape index (κ1) is 19.5. The van der Waals surface area contributed by atoms with E-state index in [1.807, 2.05) is 13.8 Å². The Morgan fingerprint density at radius 3 is 2.42 bits per heavy atom. The summed E-state index contributed by atoms with van der Waals surface area (Å²) in [6.07, 6.45) is 0. The maximum Gasteiger partial charge on any atom is 0.333 e. The lowest BCUT2D eigenvalue weighted by Gasteiger charge is -2.49. The number of hydrogen-bond donors (Lipinski definition) is 1. The molecular formula is C15H22BrNO6S. The van der Waals surface area contributed by atoms with Gasteiger partial charge < -0.3 is 19.5 Å². The summed E-state index contributed by atoms with van der Waals surface area (Å²) in [5.41, 5.74) is -0.690. The highest BCUT2D eigenvalue weighted by Crippen LogP contribution is 2.57. The summed E-state index contributed by atoms with van der Waals surface area (Å²) < 4.78 is 8.36. The van der Waals surface area contributed by atoms with Gasteiger partial charge in [0.15, 0.2) is 4.32 Å². The second-order valence-corrected chi connectivity index (χ2v) is 10.6. The Morgan fingerprint density at radius 2 is 1.92 bits per heavy atom. The Kier molecular flexibility index (Phi) is 5.02. The van der Waals surface area contributed by atoms with Gasteiger partial charge in [0.2, 0.25) is 12.7 Å². The quantitative estimate of drug-likeness (QED) is 0.314. The van der Waals surface area contributed by atoms with Gasteiger partial charge in [-0.2, -0.15) is 0 Å². The van der Waals surface area contributed by atoms with Crippen molar-refractivity contribution in [2.75, 3.05) is 13.4 Å². The van der Waals surface area contributed by atoms with Crippen LogP contribution in [0.4, 0.5) is 0 Å². The number of rotatable bonds is 4. The normalized spacial score (nSPS) is 31.3. The van der Waals surface area contributed by atoms with E-state index >= 15 is 0 Å². The molecule has 2 aliphatic rings. The Labute approximate surface area is 153 Å². The molecule has 2 heterocycles. The Balaban J connectivity index is 2.02. The third-order valence-corrected chi connectivity index (χ3v) is 7.05. The Hall–Kier alpha value is -0.800. The smallest absolute Gasteiger partial charge is 0.333 e. The fourth-order valence-corrected chi connectivity index (χ4v) is 4.96. The predicted molar refractivity (Wildman–Crippen MR) is 91.3 cm³/mol. The molecule has 136 valence electrons. The summed E-state index contributed by atoms with van der Waals surface area (Å²) in [5, 5.41) is 9.11. The minimum atomic E-state index is -1.05. The molecule has 0 aromatic carbocycles. The standard InChI is InChI=1S/C15H22BrNO6S/c1-13(2,3)12(21)23-7-22-9(19)8-14(4,5)24-11-15(16,6-18)10(20)17(8)11/h8,11,18H,6-7H2,1-5H3/t8-,11+,15-/m0/s1. The predicted octanol–water partition coefficient (Wildman–Crippen LogP) is 1.26. The number of nitrogens with zero attached hydrogens (tertiary/aromatic N) is 1. The summed E-state index contributed by atoms with van der Waals surface area (Å²) >= 11 is 4.70. The van der Waals surface area contributed by atoms with E-state index in [1.54, 1.807) is 20.8 Å². The third-order valence-electron chi connectivity index (χ3n) is 4.04. The number of alkyl halides is 1. The van der Waals surface area contributed by atoms with E-state index in [-0.39, 0.29) is 17.9 Å². The van der Waals surface area contributed by atoms with Crippen LogP contribution in [-0.2, 0) is 23.9 Å². The van der Waals surface area contributed by atoms with Crippen LogP contribution in [0.2, 0.25) is 0 Å². The number of aliphatic hydroxyl groups excluding tert-OH is 1. The lowest BCUT2D eigenvalue weighted by molar-refractivity contribution is -0.180. The summed E-state index contributed by atoms with van der Waals surface area (Å²) in [7, 11) is 0. The first-order valence-corrected chi connectivity index (χ1v) is 9.18. The fraction of sp³-hybridized carbons (Fsp3) is 0.800.